The molecule has 0 unspecified atom stereocenters. The van der Waals surface area contributed by atoms with Crippen molar-refractivity contribution in [3.63, 3.8) is 0 Å². The van der Waals surface area contributed by atoms with E-state index in [0.29, 0.717) is 11.3 Å². The number of nitrogens with one attached hydrogen (secondary N) is 1. The van der Waals surface area contributed by atoms with Gasteiger partial charge in [-0.1, -0.05) is 0 Å². The van der Waals surface area contributed by atoms with Gasteiger partial charge in [0.25, 0.3) is 0 Å². The Labute approximate surface area is 76.5 Å². The molecule has 68 valence electrons. The van der Waals surface area contributed by atoms with Crippen molar-refractivity contribution in [2.75, 3.05) is 13.1 Å². The van der Waals surface area contributed by atoms with Crippen LogP contribution in [0.1, 0.15) is 11.3 Å². The Hall–Kier alpha value is -1.22. The highest BCUT2D eigenvalue weighted by Gasteiger charge is 2.08. The molecule has 0 radical (unpaired) electrons. The molecule has 3 heteroatoms. The fourth-order valence-electron chi connectivity index (χ4n) is 1.23. The topological polar surface area (TPSA) is 24.9 Å². The van der Waals surface area contributed by atoms with E-state index in [1.54, 1.807) is 13.0 Å². The highest BCUT2D eigenvalue weighted by molar-refractivity contribution is 5.54. The summed E-state index contributed by atoms with van der Waals surface area (Å²) in [6.45, 7) is 3.52. The lowest BCUT2D eigenvalue weighted by atomic mass is 10.1. The van der Waals surface area contributed by atoms with E-state index in [2.05, 4.69) is 10.3 Å². The first-order valence-electron chi connectivity index (χ1n) is 4.29. The second-order valence-electron chi connectivity index (χ2n) is 3.24. The molecule has 1 aromatic heterocycles. The van der Waals surface area contributed by atoms with E-state index in [4.69, 9.17) is 0 Å². The molecule has 13 heavy (non-hydrogen) atoms. The third-order valence-corrected chi connectivity index (χ3v) is 2.08. The van der Waals surface area contributed by atoms with E-state index in [1.807, 2.05) is 12.1 Å². The fraction of sp³-hybridized carbons (Fsp3) is 0.300. The summed E-state index contributed by atoms with van der Waals surface area (Å²) in [7, 11) is 0. The van der Waals surface area contributed by atoms with Crippen molar-refractivity contribution in [2.24, 2.45) is 0 Å². The lowest BCUT2D eigenvalue weighted by molar-refractivity contribution is 0.576. The number of halogens is 1. The zero-order valence-corrected chi connectivity index (χ0v) is 7.47. The van der Waals surface area contributed by atoms with Crippen LogP contribution in [-0.2, 0) is 0 Å². The van der Waals surface area contributed by atoms with Crippen molar-refractivity contribution in [1.82, 2.24) is 10.3 Å². The van der Waals surface area contributed by atoms with E-state index in [9.17, 15) is 4.39 Å². The molecule has 0 bridgehead atoms. The maximum absolute atomic E-state index is 13.2. The molecule has 2 heterocycles. The number of rotatable bonds is 1. The van der Waals surface area contributed by atoms with Crippen molar-refractivity contribution in [2.45, 2.75) is 6.92 Å². The number of aromatic nitrogens is 1. The van der Waals surface area contributed by atoms with E-state index < -0.39 is 0 Å². The first-order valence-corrected chi connectivity index (χ1v) is 4.29. The van der Waals surface area contributed by atoms with Gasteiger partial charge in [-0.2, -0.15) is 4.39 Å². The number of nitrogens with zero attached hydrogens (tertiary/aromatic N) is 1. The van der Waals surface area contributed by atoms with Gasteiger partial charge in [-0.05, 0) is 30.7 Å². The lowest BCUT2D eigenvalue weighted by Gasteiger charge is -2.18. The predicted molar refractivity (Wildman–Crippen MR) is 49.8 cm³/mol. The summed E-state index contributed by atoms with van der Waals surface area (Å²) in [4.78, 5) is 3.75. The van der Waals surface area contributed by atoms with E-state index >= 15 is 0 Å². The minimum atomic E-state index is -0.376. The maximum atomic E-state index is 13.2. The predicted octanol–water partition coefficient (Wildman–Crippen LogP) is 1.52. The van der Waals surface area contributed by atoms with Gasteiger partial charge in [0.15, 0.2) is 0 Å². The van der Waals surface area contributed by atoms with Crippen LogP contribution >= 0.6 is 0 Å². The van der Waals surface area contributed by atoms with Crippen molar-refractivity contribution >= 4 is 6.08 Å². The van der Waals surface area contributed by atoms with Gasteiger partial charge in [0.2, 0.25) is 5.95 Å². The first-order chi connectivity index (χ1) is 6.25. The zero-order valence-electron chi connectivity index (χ0n) is 7.47. The maximum Gasteiger partial charge on any atom is 0.220 e. The summed E-state index contributed by atoms with van der Waals surface area (Å²) >= 11 is 0. The van der Waals surface area contributed by atoms with Crippen molar-refractivity contribution in [3.05, 3.63) is 34.9 Å². The van der Waals surface area contributed by atoms with Crippen LogP contribution in [0.15, 0.2) is 17.7 Å². The zero-order chi connectivity index (χ0) is 9.26. The van der Waals surface area contributed by atoms with Gasteiger partial charge in [0, 0.05) is 24.3 Å². The molecule has 0 saturated carbocycles. The second kappa shape index (κ2) is 3.26. The number of aryl methyl sites for hydroxylation is 1. The smallest absolute Gasteiger partial charge is 0.220 e. The molecule has 0 spiro atoms. The molecule has 1 N–H and O–H groups in total. The van der Waals surface area contributed by atoms with Crippen LogP contribution in [-0.4, -0.2) is 18.1 Å². The van der Waals surface area contributed by atoms with E-state index in [1.165, 1.54) is 5.57 Å². The molecular formula is C10H11FN2. The molecular weight excluding hydrogens is 167 g/mol. The Morgan fingerprint density at radius 2 is 2.23 bits per heavy atom. The van der Waals surface area contributed by atoms with Crippen LogP contribution in [0.4, 0.5) is 4.39 Å². The standard InChI is InChI=1S/C10H11FN2/c1-7-2-3-9(10(11)13-7)4-8-5-12-6-8/h2-4,12H,5-6H2,1H3. The first kappa shape index (κ1) is 8.38. The third kappa shape index (κ3) is 1.75. The molecule has 0 atom stereocenters. The van der Waals surface area contributed by atoms with Crippen LogP contribution in [0.25, 0.3) is 6.08 Å². The van der Waals surface area contributed by atoms with Crippen LogP contribution in [0, 0.1) is 12.9 Å². The number of hydrogen-bond acceptors (Lipinski definition) is 2. The molecule has 0 amide bonds. The summed E-state index contributed by atoms with van der Waals surface area (Å²) in [6.07, 6.45) is 1.86. The lowest BCUT2D eigenvalue weighted by Crippen LogP contribution is -2.33. The van der Waals surface area contributed by atoms with Gasteiger partial charge < -0.3 is 5.32 Å². The fourth-order valence-corrected chi connectivity index (χ4v) is 1.23. The van der Waals surface area contributed by atoms with Crippen molar-refractivity contribution in [1.29, 1.82) is 0 Å². The Kier molecular flexibility index (Phi) is 2.10. The van der Waals surface area contributed by atoms with E-state index in [-0.39, 0.29) is 5.95 Å². The average Bonchev–Trinajstić information content (AvgIpc) is 1.99. The number of hydrogen-bond donors (Lipinski definition) is 1. The average molecular weight is 178 g/mol. The Balaban J connectivity index is 2.29. The van der Waals surface area contributed by atoms with Gasteiger partial charge in [0.05, 0.1) is 0 Å². The molecule has 1 saturated heterocycles. The summed E-state index contributed by atoms with van der Waals surface area (Å²) in [6, 6.07) is 3.59. The van der Waals surface area contributed by atoms with Crippen molar-refractivity contribution in [3.8, 4) is 0 Å². The second-order valence-corrected chi connectivity index (χ2v) is 3.24. The van der Waals surface area contributed by atoms with Crippen LogP contribution in [0.3, 0.4) is 0 Å². The summed E-state index contributed by atoms with van der Waals surface area (Å²) in [5, 5.41) is 3.10. The van der Waals surface area contributed by atoms with Crippen LogP contribution in [0.5, 0.6) is 0 Å². The SMILES string of the molecule is Cc1ccc(C=C2CNC2)c(F)n1. The Morgan fingerprint density at radius 3 is 2.77 bits per heavy atom. The Bertz CT molecular complexity index is 352. The molecule has 1 aromatic rings. The monoisotopic (exact) mass is 178 g/mol. The highest BCUT2D eigenvalue weighted by atomic mass is 19.1. The van der Waals surface area contributed by atoms with Gasteiger partial charge >= 0.3 is 0 Å². The van der Waals surface area contributed by atoms with Gasteiger partial charge in [-0.3, -0.25) is 0 Å². The molecule has 2 rings (SSSR count). The summed E-state index contributed by atoms with van der Waals surface area (Å²) < 4.78 is 13.2. The minimum Gasteiger partial charge on any atom is -0.309 e. The van der Waals surface area contributed by atoms with Crippen molar-refractivity contribution < 1.29 is 4.39 Å². The largest absolute Gasteiger partial charge is 0.309 e. The van der Waals surface area contributed by atoms with Crippen LogP contribution < -0.4 is 5.32 Å². The van der Waals surface area contributed by atoms with E-state index in [0.717, 1.165) is 13.1 Å². The van der Waals surface area contributed by atoms with Gasteiger partial charge in [-0.25, -0.2) is 4.98 Å². The minimum absolute atomic E-state index is 0.376. The molecule has 1 aliphatic rings. The molecule has 0 aliphatic carbocycles. The number of pyridine rings is 1. The Morgan fingerprint density at radius 1 is 1.46 bits per heavy atom. The molecule has 2 nitrogen and oxygen atoms in total. The van der Waals surface area contributed by atoms with Gasteiger partial charge in [0.1, 0.15) is 0 Å². The van der Waals surface area contributed by atoms with Gasteiger partial charge in [-0.15, -0.1) is 0 Å². The highest BCUT2D eigenvalue weighted by Crippen LogP contribution is 2.12. The summed E-state index contributed by atoms with van der Waals surface area (Å²) in [5.41, 5.74) is 2.53. The summed E-state index contributed by atoms with van der Waals surface area (Å²) in [5.74, 6) is -0.376. The molecule has 1 fully saturated rings. The van der Waals surface area contributed by atoms with Crippen LogP contribution in [0.2, 0.25) is 0 Å². The molecule has 1 aliphatic heterocycles. The third-order valence-electron chi connectivity index (χ3n) is 2.08. The molecule has 0 aromatic carbocycles. The quantitative estimate of drug-likeness (QED) is 0.659. The normalized spacial score (nSPS) is 15.4.